The molecular weight excluding hydrogens is 394 g/mol. The Labute approximate surface area is 170 Å². The number of carboxylic acids is 1. The van der Waals surface area contributed by atoms with Gasteiger partial charge in [0.05, 0.1) is 25.1 Å². The quantitative estimate of drug-likeness (QED) is 0.652. The maximum Gasteiger partial charge on any atom is 0.355 e. The minimum atomic E-state index is -1.03. The number of fused-ring (bicyclic) bond motifs is 2. The zero-order chi connectivity index (χ0) is 20.0. The topological polar surface area (TPSA) is 102 Å². The predicted octanol–water partition coefficient (Wildman–Crippen LogP) is 3.88. The first-order chi connectivity index (χ1) is 14.1. The van der Waals surface area contributed by atoms with Crippen LogP contribution in [-0.4, -0.2) is 40.0 Å². The number of carboxylic acid groups (broad SMARTS) is 1. The van der Waals surface area contributed by atoms with Crippen LogP contribution in [0.15, 0.2) is 40.3 Å². The number of aliphatic hydroxyl groups is 1. The molecule has 0 unspecified atom stereocenters. The van der Waals surface area contributed by atoms with Gasteiger partial charge in [0.1, 0.15) is 22.4 Å². The van der Waals surface area contributed by atoms with Crippen LogP contribution in [0.5, 0.6) is 5.75 Å². The molecular formula is C21H21NO6S. The Morgan fingerprint density at radius 2 is 2.21 bits per heavy atom. The van der Waals surface area contributed by atoms with E-state index in [1.54, 1.807) is 11.6 Å². The molecule has 5 rings (SSSR count). The van der Waals surface area contributed by atoms with Crippen LogP contribution in [0.4, 0.5) is 0 Å². The lowest BCUT2D eigenvalue weighted by molar-refractivity contribution is -0.0811. The zero-order valence-electron chi connectivity index (χ0n) is 15.6. The van der Waals surface area contributed by atoms with Crippen molar-refractivity contribution in [1.29, 1.82) is 0 Å². The molecule has 1 aliphatic heterocycles. The molecule has 0 bridgehead atoms. The summed E-state index contributed by atoms with van der Waals surface area (Å²) >= 11 is 1.32. The highest BCUT2D eigenvalue weighted by Gasteiger charge is 2.47. The van der Waals surface area contributed by atoms with Gasteiger partial charge in [-0.3, -0.25) is 0 Å². The third-order valence-corrected chi connectivity index (χ3v) is 6.92. The van der Waals surface area contributed by atoms with Gasteiger partial charge in [-0.15, -0.1) is 11.3 Å². The van der Waals surface area contributed by atoms with E-state index in [0.717, 1.165) is 29.6 Å². The van der Waals surface area contributed by atoms with Crippen LogP contribution in [0.2, 0.25) is 0 Å². The van der Waals surface area contributed by atoms with Gasteiger partial charge in [-0.2, -0.15) is 0 Å². The average Bonchev–Trinajstić information content (AvgIpc) is 3.43. The number of hydrogen-bond acceptors (Lipinski definition) is 7. The van der Waals surface area contributed by atoms with Crippen LogP contribution in [0.3, 0.4) is 0 Å². The van der Waals surface area contributed by atoms with E-state index in [2.05, 4.69) is 4.98 Å². The van der Waals surface area contributed by atoms with Crippen LogP contribution in [0, 0.1) is 11.8 Å². The van der Waals surface area contributed by atoms with E-state index >= 15 is 0 Å². The van der Waals surface area contributed by atoms with E-state index in [-0.39, 0.29) is 29.7 Å². The molecule has 1 aliphatic carbocycles. The monoisotopic (exact) mass is 415 g/mol. The summed E-state index contributed by atoms with van der Waals surface area (Å²) in [6, 6.07) is 7.63. The third-order valence-electron chi connectivity index (χ3n) is 5.98. The van der Waals surface area contributed by atoms with Crippen molar-refractivity contribution in [3.63, 3.8) is 0 Å². The molecule has 2 aromatic heterocycles. The first-order valence-electron chi connectivity index (χ1n) is 9.71. The number of thiazole rings is 1. The molecule has 2 aliphatic rings. The minimum absolute atomic E-state index is 0.000812. The fourth-order valence-electron chi connectivity index (χ4n) is 4.50. The van der Waals surface area contributed by atoms with Gasteiger partial charge in [-0.25, -0.2) is 9.78 Å². The fraction of sp³-hybridized carbons (Fsp3) is 0.429. The van der Waals surface area contributed by atoms with Crippen molar-refractivity contribution >= 4 is 28.3 Å². The van der Waals surface area contributed by atoms with Crippen molar-refractivity contribution in [3.05, 3.63) is 46.6 Å². The Morgan fingerprint density at radius 3 is 3.03 bits per heavy atom. The number of aromatic nitrogens is 1. The van der Waals surface area contributed by atoms with Gasteiger partial charge < -0.3 is 24.1 Å². The zero-order valence-corrected chi connectivity index (χ0v) is 16.4. The molecule has 2 N–H and O–H groups in total. The van der Waals surface area contributed by atoms with E-state index in [0.29, 0.717) is 18.0 Å². The Hall–Kier alpha value is -2.42. The minimum Gasteiger partial charge on any atom is -0.493 e. The average molecular weight is 415 g/mol. The largest absolute Gasteiger partial charge is 0.493 e. The molecule has 5 atom stereocenters. The number of aliphatic hydroxyl groups excluding tert-OH is 1. The van der Waals surface area contributed by atoms with Crippen LogP contribution in [0.1, 0.15) is 40.9 Å². The summed E-state index contributed by atoms with van der Waals surface area (Å²) in [6.45, 7) is 0.420. The van der Waals surface area contributed by atoms with Crippen LogP contribution < -0.4 is 4.74 Å². The molecule has 1 saturated carbocycles. The molecule has 3 heterocycles. The Morgan fingerprint density at radius 1 is 1.31 bits per heavy atom. The summed E-state index contributed by atoms with van der Waals surface area (Å²) in [6.07, 6.45) is 3.10. The smallest absolute Gasteiger partial charge is 0.355 e. The first-order valence-corrected chi connectivity index (χ1v) is 10.6. The Kier molecular flexibility index (Phi) is 4.77. The molecule has 2 fully saturated rings. The summed E-state index contributed by atoms with van der Waals surface area (Å²) in [5, 5.41) is 22.9. The van der Waals surface area contributed by atoms with Gasteiger partial charge in [0.25, 0.3) is 0 Å². The highest BCUT2D eigenvalue weighted by Crippen LogP contribution is 2.46. The fourth-order valence-corrected chi connectivity index (χ4v) is 5.36. The molecule has 0 amide bonds. The number of rotatable bonds is 5. The van der Waals surface area contributed by atoms with Crippen molar-refractivity contribution in [2.75, 3.05) is 6.61 Å². The summed E-state index contributed by atoms with van der Waals surface area (Å²) in [4.78, 5) is 15.2. The normalized spacial score (nSPS) is 29.1. The van der Waals surface area contributed by atoms with Gasteiger partial charge in [0.2, 0.25) is 0 Å². The number of furan rings is 1. The van der Waals surface area contributed by atoms with Crippen LogP contribution in [0.25, 0.3) is 11.0 Å². The summed E-state index contributed by atoms with van der Waals surface area (Å²) in [5.74, 6) is -0.0873. The van der Waals surface area contributed by atoms with Crippen LogP contribution in [-0.2, 0) is 4.74 Å². The lowest BCUT2D eigenvalue weighted by Gasteiger charge is -2.33. The van der Waals surface area contributed by atoms with E-state index < -0.39 is 12.1 Å². The first kappa shape index (κ1) is 18.6. The highest BCUT2D eigenvalue weighted by molar-refractivity contribution is 7.09. The van der Waals surface area contributed by atoms with Gasteiger partial charge in [-0.05, 0) is 37.0 Å². The SMILES string of the molecule is O=C(O)c1csc([C@H]2CC[C@@H]3[C@@H](COc4ccc5ccoc5c4)[C@H](O)C[C@@H]3O2)n1. The van der Waals surface area contributed by atoms with E-state index in [9.17, 15) is 9.90 Å². The molecule has 1 saturated heterocycles. The molecule has 0 radical (unpaired) electrons. The maximum atomic E-state index is 11.1. The van der Waals surface area contributed by atoms with Crippen molar-refractivity contribution in [3.8, 4) is 5.75 Å². The molecule has 7 nitrogen and oxygen atoms in total. The molecule has 8 heteroatoms. The highest BCUT2D eigenvalue weighted by atomic mass is 32.1. The van der Waals surface area contributed by atoms with Gasteiger partial charge in [0.15, 0.2) is 5.69 Å². The summed E-state index contributed by atoms with van der Waals surface area (Å²) in [5.41, 5.74) is 0.836. The number of ether oxygens (including phenoxy) is 2. The van der Waals surface area contributed by atoms with Crippen molar-refractivity contribution in [2.24, 2.45) is 11.8 Å². The molecule has 3 aromatic rings. The maximum absolute atomic E-state index is 11.1. The standard InChI is InChI=1S/C21H21NO6S/c23-16-8-19-13(3-4-17(28-19)20-22-15(10-29-20)21(24)25)14(16)9-27-12-2-1-11-5-6-26-18(11)7-12/h1-2,5-7,10,13-14,16-17,19,23H,3-4,8-9H2,(H,24,25)/t13-,14-,16-,17-,19+/m1/s1. The van der Waals surface area contributed by atoms with E-state index in [4.69, 9.17) is 19.0 Å². The van der Waals surface area contributed by atoms with Gasteiger partial charge in [0, 0.05) is 29.2 Å². The number of aromatic carboxylic acids is 1. The summed E-state index contributed by atoms with van der Waals surface area (Å²) in [7, 11) is 0. The van der Waals surface area contributed by atoms with Crippen molar-refractivity contribution < 1.29 is 28.9 Å². The third kappa shape index (κ3) is 3.52. The summed E-state index contributed by atoms with van der Waals surface area (Å²) < 4.78 is 17.6. The lowest BCUT2D eigenvalue weighted by Crippen LogP contribution is -2.33. The van der Waals surface area contributed by atoms with Gasteiger partial charge >= 0.3 is 5.97 Å². The van der Waals surface area contributed by atoms with Gasteiger partial charge in [-0.1, -0.05) is 0 Å². The number of hydrogen-bond donors (Lipinski definition) is 2. The molecule has 0 spiro atoms. The van der Waals surface area contributed by atoms with Crippen molar-refractivity contribution in [1.82, 2.24) is 4.98 Å². The van der Waals surface area contributed by atoms with Crippen LogP contribution >= 0.6 is 11.3 Å². The molecule has 29 heavy (non-hydrogen) atoms. The van der Waals surface area contributed by atoms with E-state index in [1.807, 2.05) is 24.3 Å². The number of benzene rings is 1. The number of carbonyl (C=O) groups is 1. The second kappa shape index (κ2) is 7.44. The second-order valence-corrected chi connectivity index (χ2v) is 8.57. The van der Waals surface area contributed by atoms with E-state index in [1.165, 1.54) is 11.3 Å². The Balaban J connectivity index is 1.23. The second-order valence-electron chi connectivity index (χ2n) is 7.68. The molecule has 152 valence electrons. The predicted molar refractivity (Wildman–Crippen MR) is 105 cm³/mol. The van der Waals surface area contributed by atoms with Crippen molar-refractivity contribution in [2.45, 2.75) is 37.6 Å². The molecule has 1 aromatic carbocycles. The Bertz CT molecular complexity index is 1030. The number of nitrogens with zero attached hydrogens (tertiary/aromatic N) is 1. The lowest BCUT2D eigenvalue weighted by atomic mass is 9.87.